The van der Waals surface area contributed by atoms with Gasteiger partial charge < -0.3 is 30.3 Å². The second kappa shape index (κ2) is 16.2. The number of piperazine rings is 1. The van der Waals surface area contributed by atoms with Crippen molar-refractivity contribution in [2.75, 3.05) is 38.1 Å². The molecule has 1 aliphatic rings. The van der Waals surface area contributed by atoms with Crippen LogP contribution in [0.3, 0.4) is 0 Å². The maximum absolute atomic E-state index is 13.6. The number of hydrogen-bond acceptors (Lipinski definition) is 8. The van der Waals surface area contributed by atoms with E-state index in [4.69, 9.17) is 4.74 Å². The number of aromatic nitrogens is 2. The van der Waals surface area contributed by atoms with Crippen molar-refractivity contribution in [2.45, 2.75) is 38.8 Å². The van der Waals surface area contributed by atoms with Gasteiger partial charge in [-0.3, -0.25) is 14.4 Å². The SMILES string of the molecule is CCOC(=O)N1CCN(C(=O)[C@H](CCC(=O)O)NC(=O)c2cc(N[C@H](C)c3ccccc3)nc(-c3ccccc3)n2)CC1.Cl. The molecule has 0 aliphatic carbocycles. The molecular formula is C31H37ClN6O6. The smallest absolute Gasteiger partial charge is 0.409 e. The van der Waals surface area contributed by atoms with E-state index in [1.807, 2.05) is 67.6 Å². The van der Waals surface area contributed by atoms with Crippen LogP contribution in [-0.4, -0.2) is 87.6 Å². The lowest BCUT2D eigenvalue weighted by atomic mass is 10.1. The fourth-order valence-electron chi connectivity index (χ4n) is 4.70. The minimum atomic E-state index is -1.10. The van der Waals surface area contributed by atoms with Crippen LogP contribution in [0.15, 0.2) is 66.7 Å². The molecule has 1 aliphatic heterocycles. The summed E-state index contributed by atoms with van der Waals surface area (Å²) >= 11 is 0. The first-order chi connectivity index (χ1) is 20.7. The van der Waals surface area contributed by atoms with Crippen molar-refractivity contribution in [2.24, 2.45) is 0 Å². The Kier molecular flexibility index (Phi) is 12.5. The molecule has 1 aromatic heterocycles. The number of carboxylic acid groups (broad SMARTS) is 1. The van der Waals surface area contributed by atoms with E-state index in [1.165, 1.54) is 15.9 Å². The Hall–Kier alpha value is -4.71. The average molecular weight is 625 g/mol. The molecule has 2 atom stereocenters. The molecule has 3 N–H and O–H groups in total. The Morgan fingerprint density at radius 1 is 0.932 bits per heavy atom. The summed E-state index contributed by atoms with van der Waals surface area (Å²) < 4.78 is 5.04. The second-order valence-corrected chi connectivity index (χ2v) is 10.1. The van der Waals surface area contributed by atoms with Gasteiger partial charge in [-0.25, -0.2) is 14.8 Å². The molecule has 12 nitrogen and oxygen atoms in total. The van der Waals surface area contributed by atoms with Crippen molar-refractivity contribution in [1.29, 1.82) is 0 Å². The van der Waals surface area contributed by atoms with Crippen LogP contribution >= 0.6 is 12.4 Å². The van der Waals surface area contributed by atoms with E-state index in [-0.39, 0.29) is 69.8 Å². The van der Waals surface area contributed by atoms with Crippen LogP contribution in [0.2, 0.25) is 0 Å². The number of halogens is 1. The number of carboxylic acids is 1. The fraction of sp³-hybridized carbons (Fsp3) is 0.355. The van der Waals surface area contributed by atoms with Crippen LogP contribution in [0.5, 0.6) is 0 Å². The summed E-state index contributed by atoms with van der Waals surface area (Å²) in [5.74, 6) is -1.41. The molecule has 4 rings (SSSR count). The van der Waals surface area contributed by atoms with Crippen LogP contribution in [0.4, 0.5) is 10.6 Å². The first-order valence-corrected chi connectivity index (χ1v) is 14.2. The largest absolute Gasteiger partial charge is 0.481 e. The zero-order chi connectivity index (χ0) is 30.8. The van der Waals surface area contributed by atoms with Gasteiger partial charge in [0.1, 0.15) is 17.6 Å². The highest BCUT2D eigenvalue weighted by Gasteiger charge is 2.31. The van der Waals surface area contributed by atoms with Crippen molar-refractivity contribution in [3.63, 3.8) is 0 Å². The molecule has 0 bridgehead atoms. The average Bonchev–Trinajstić information content (AvgIpc) is 3.03. The van der Waals surface area contributed by atoms with E-state index in [1.54, 1.807) is 6.92 Å². The highest BCUT2D eigenvalue weighted by atomic mass is 35.5. The molecule has 3 amide bonds. The van der Waals surface area contributed by atoms with E-state index in [2.05, 4.69) is 20.6 Å². The van der Waals surface area contributed by atoms with Crippen LogP contribution in [0.25, 0.3) is 11.4 Å². The van der Waals surface area contributed by atoms with Gasteiger partial charge in [0.15, 0.2) is 5.82 Å². The Morgan fingerprint density at radius 2 is 1.55 bits per heavy atom. The van der Waals surface area contributed by atoms with E-state index >= 15 is 0 Å². The molecule has 0 spiro atoms. The third kappa shape index (κ3) is 9.14. The number of anilines is 1. The van der Waals surface area contributed by atoms with E-state index in [9.17, 15) is 24.3 Å². The molecule has 1 fully saturated rings. The Bertz CT molecular complexity index is 1420. The van der Waals surface area contributed by atoms with Crippen molar-refractivity contribution in [1.82, 2.24) is 25.1 Å². The minimum Gasteiger partial charge on any atom is -0.481 e. The number of nitrogens with zero attached hydrogens (tertiary/aromatic N) is 4. The predicted molar refractivity (Wildman–Crippen MR) is 166 cm³/mol. The third-order valence-electron chi connectivity index (χ3n) is 7.02. The standard InChI is InChI=1S/C31H36N6O6.ClH/c1-3-43-31(42)37-18-16-36(17-19-37)30(41)24(14-15-27(38)39)34-29(40)25-20-26(32-21(2)22-10-6-4-7-11-22)35-28(33-25)23-12-8-5-9-13-23;/h4-13,20-21,24H,3,14-19H2,1-2H3,(H,34,40)(H,38,39)(H,32,33,35);1H/t21-,24+;/m1./s1. The van der Waals surface area contributed by atoms with Gasteiger partial charge in [-0.15, -0.1) is 12.4 Å². The number of carbonyl (C=O) groups is 4. The van der Waals surface area contributed by atoms with Gasteiger partial charge in [0.25, 0.3) is 5.91 Å². The molecule has 2 aromatic carbocycles. The molecule has 0 radical (unpaired) electrons. The molecule has 0 unspecified atom stereocenters. The van der Waals surface area contributed by atoms with Crippen LogP contribution in [0, 0.1) is 0 Å². The minimum absolute atomic E-state index is 0. The predicted octanol–water partition coefficient (Wildman–Crippen LogP) is 4.00. The number of amides is 3. The zero-order valence-corrected chi connectivity index (χ0v) is 25.5. The van der Waals surface area contributed by atoms with Gasteiger partial charge in [-0.2, -0.15) is 0 Å². The summed E-state index contributed by atoms with van der Waals surface area (Å²) in [5, 5.41) is 15.3. The van der Waals surface area contributed by atoms with E-state index < -0.39 is 29.9 Å². The number of carbonyl (C=O) groups excluding carboxylic acids is 3. The van der Waals surface area contributed by atoms with Crippen LogP contribution in [0.1, 0.15) is 48.8 Å². The molecule has 13 heteroatoms. The maximum Gasteiger partial charge on any atom is 0.409 e. The van der Waals surface area contributed by atoms with Crippen molar-refractivity contribution in [3.8, 4) is 11.4 Å². The highest BCUT2D eigenvalue weighted by molar-refractivity contribution is 5.97. The zero-order valence-electron chi connectivity index (χ0n) is 24.6. The Morgan fingerprint density at radius 3 is 2.16 bits per heavy atom. The number of rotatable bonds is 11. The second-order valence-electron chi connectivity index (χ2n) is 10.1. The summed E-state index contributed by atoms with van der Waals surface area (Å²) in [6.45, 7) is 4.94. The van der Waals surface area contributed by atoms with Crippen molar-refractivity contribution < 1.29 is 29.0 Å². The first kappa shape index (κ1) is 33.8. The Balaban J connectivity index is 0.00000529. The summed E-state index contributed by atoms with van der Waals surface area (Å²) in [6, 6.07) is 19.2. The normalized spacial score (nSPS) is 14.0. The quantitative estimate of drug-likeness (QED) is 0.287. The monoisotopic (exact) mass is 624 g/mol. The van der Waals surface area contributed by atoms with Gasteiger partial charge in [0.2, 0.25) is 5.91 Å². The number of benzene rings is 2. The molecule has 234 valence electrons. The van der Waals surface area contributed by atoms with E-state index in [0.717, 1.165) is 5.56 Å². The lowest BCUT2D eigenvalue weighted by Gasteiger charge is -2.35. The molecular weight excluding hydrogens is 588 g/mol. The summed E-state index contributed by atoms with van der Waals surface area (Å²) in [6.07, 6.45) is -0.876. The van der Waals surface area contributed by atoms with Crippen molar-refractivity contribution in [3.05, 3.63) is 78.0 Å². The summed E-state index contributed by atoms with van der Waals surface area (Å²) in [4.78, 5) is 62.6. The van der Waals surface area contributed by atoms with Crippen molar-refractivity contribution >= 4 is 42.1 Å². The van der Waals surface area contributed by atoms with Gasteiger partial charge >= 0.3 is 12.1 Å². The maximum atomic E-state index is 13.6. The lowest BCUT2D eigenvalue weighted by molar-refractivity contribution is -0.138. The van der Waals surface area contributed by atoms with Gasteiger partial charge in [-0.05, 0) is 25.8 Å². The van der Waals surface area contributed by atoms with Crippen LogP contribution in [-0.2, 0) is 14.3 Å². The molecule has 1 saturated heterocycles. The molecule has 2 heterocycles. The summed E-state index contributed by atoms with van der Waals surface area (Å²) in [5.41, 5.74) is 1.75. The lowest BCUT2D eigenvalue weighted by Crippen LogP contribution is -2.56. The van der Waals surface area contributed by atoms with Gasteiger partial charge in [0, 0.05) is 50.3 Å². The number of nitrogens with one attached hydrogen (secondary N) is 2. The van der Waals surface area contributed by atoms with Gasteiger partial charge in [-0.1, -0.05) is 60.7 Å². The molecule has 3 aromatic rings. The topological polar surface area (TPSA) is 154 Å². The molecule has 0 saturated carbocycles. The fourth-order valence-corrected chi connectivity index (χ4v) is 4.70. The first-order valence-electron chi connectivity index (χ1n) is 14.2. The third-order valence-corrected chi connectivity index (χ3v) is 7.02. The van der Waals surface area contributed by atoms with E-state index in [0.29, 0.717) is 17.2 Å². The van der Waals surface area contributed by atoms with Gasteiger partial charge in [0.05, 0.1) is 6.61 Å². The number of hydrogen-bond donors (Lipinski definition) is 3. The Labute approximate surface area is 262 Å². The highest BCUT2D eigenvalue weighted by Crippen LogP contribution is 2.22. The molecule has 44 heavy (non-hydrogen) atoms. The number of ether oxygens (including phenoxy) is 1. The van der Waals surface area contributed by atoms with Crippen LogP contribution < -0.4 is 10.6 Å². The number of aliphatic carboxylic acids is 1. The summed E-state index contributed by atoms with van der Waals surface area (Å²) in [7, 11) is 0.